The Balaban J connectivity index is 2.08. The molecule has 0 aliphatic heterocycles. The van der Waals surface area contributed by atoms with E-state index in [9.17, 15) is 0 Å². The van der Waals surface area contributed by atoms with Gasteiger partial charge in [0.25, 0.3) is 0 Å². The number of benzene rings is 2. The van der Waals surface area contributed by atoms with Gasteiger partial charge in [-0.2, -0.15) is 0 Å². The van der Waals surface area contributed by atoms with Crippen molar-refractivity contribution in [2.45, 2.75) is 20.0 Å². The van der Waals surface area contributed by atoms with Crippen LogP contribution in [0, 0.1) is 0 Å². The maximum Gasteiger partial charge on any atom is 0.161 e. The van der Waals surface area contributed by atoms with Gasteiger partial charge in [-0.05, 0) is 36.8 Å². The lowest BCUT2D eigenvalue weighted by Crippen LogP contribution is -2.02. The van der Waals surface area contributed by atoms with Crippen molar-refractivity contribution >= 4 is 17.3 Å². The van der Waals surface area contributed by atoms with Gasteiger partial charge in [-0.1, -0.05) is 30.7 Å². The van der Waals surface area contributed by atoms with Crippen LogP contribution < -0.4 is 15.2 Å². The van der Waals surface area contributed by atoms with E-state index in [1.165, 1.54) is 0 Å². The minimum absolute atomic E-state index is 0.360. The highest BCUT2D eigenvalue weighted by molar-refractivity contribution is 6.30. The molecule has 2 N–H and O–H groups in total. The topological polar surface area (TPSA) is 44.5 Å². The number of para-hydroxylation sites is 2. The van der Waals surface area contributed by atoms with Crippen molar-refractivity contribution in [1.82, 2.24) is 0 Å². The number of hydrogen-bond donors (Lipinski definition) is 1. The van der Waals surface area contributed by atoms with Crippen molar-refractivity contribution in [2.75, 3.05) is 12.3 Å². The van der Waals surface area contributed by atoms with E-state index in [1.54, 1.807) is 12.1 Å². The largest absolute Gasteiger partial charge is 0.490 e. The first-order chi connectivity index (χ1) is 9.70. The molecule has 0 atom stereocenters. The highest BCUT2D eigenvalue weighted by Crippen LogP contribution is 2.28. The summed E-state index contributed by atoms with van der Waals surface area (Å²) in [5.41, 5.74) is 7.43. The fourth-order valence-corrected chi connectivity index (χ4v) is 1.95. The minimum Gasteiger partial charge on any atom is -0.490 e. The first-order valence-electron chi connectivity index (χ1n) is 6.59. The number of nitrogen functional groups attached to an aromatic ring is 1. The van der Waals surface area contributed by atoms with Crippen molar-refractivity contribution in [3.8, 4) is 11.5 Å². The first-order valence-corrected chi connectivity index (χ1v) is 6.97. The molecule has 0 aliphatic carbocycles. The van der Waals surface area contributed by atoms with Crippen LogP contribution in [-0.4, -0.2) is 6.61 Å². The van der Waals surface area contributed by atoms with Crippen LogP contribution in [0.15, 0.2) is 42.5 Å². The van der Waals surface area contributed by atoms with Gasteiger partial charge in [0, 0.05) is 16.3 Å². The summed E-state index contributed by atoms with van der Waals surface area (Å²) in [6, 6.07) is 13.0. The molecule has 2 aromatic rings. The predicted molar refractivity (Wildman–Crippen MR) is 82.4 cm³/mol. The molecule has 0 saturated heterocycles. The van der Waals surface area contributed by atoms with Crippen LogP contribution in [0.2, 0.25) is 5.02 Å². The SMILES string of the molecule is CCCOc1ccccc1OCc1cc(Cl)ccc1N. The van der Waals surface area contributed by atoms with E-state index < -0.39 is 0 Å². The Labute approximate surface area is 124 Å². The van der Waals surface area contributed by atoms with Crippen LogP contribution in [0.3, 0.4) is 0 Å². The Kier molecular flexibility index (Phi) is 5.13. The third-order valence-corrected chi connectivity index (χ3v) is 3.03. The van der Waals surface area contributed by atoms with Gasteiger partial charge in [-0.25, -0.2) is 0 Å². The van der Waals surface area contributed by atoms with Crippen LogP contribution in [0.4, 0.5) is 5.69 Å². The van der Waals surface area contributed by atoms with E-state index >= 15 is 0 Å². The van der Waals surface area contributed by atoms with Gasteiger partial charge in [0.1, 0.15) is 6.61 Å². The average Bonchev–Trinajstić information content (AvgIpc) is 2.47. The highest BCUT2D eigenvalue weighted by atomic mass is 35.5. The summed E-state index contributed by atoms with van der Waals surface area (Å²) in [5.74, 6) is 1.45. The zero-order chi connectivity index (χ0) is 14.4. The van der Waals surface area contributed by atoms with E-state index in [2.05, 4.69) is 6.92 Å². The summed E-state index contributed by atoms with van der Waals surface area (Å²) < 4.78 is 11.4. The predicted octanol–water partition coefficient (Wildman–Crippen LogP) is 4.29. The average molecular weight is 292 g/mol. The summed E-state index contributed by atoms with van der Waals surface area (Å²) in [6.45, 7) is 3.09. The molecule has 0 fully saturated rings. The molecule has 2 aromatic carbocycles. The Bertz CT molecular complexity index is 572. The number of ether oxygens (including phenoxy) is 2. The zero-order valence-electron chi connectivity index (χ0n) is 11.4. The Morgan fingerprint density at radius 3 is 2.45 bits per heavy atom. The van der Waals surface area contributed by atoms with Gasteiger partial charge in [0.2, 0.25) is 0 Å². The standard InChI is InChI=1S/C16H18ClNO2/c1-2-9-19-15-5-3-4-6-16(15)20-11-12-10-13(17)7-8-14(12)18/h3-8,10H,2,9,11,18H2,1H3. The molecule has 0 aromatic heterocycles. The molecule has 4 heteroatoms. The van der Waals surface area contributed by atoms with Crippen molar-refractivity contribution in [3.63, 3.8) is 0 Å². The van der Waals surface area contributed by atoms with Crippen LogP contribution in [0.1, 0.15) is 18.9 Å². The second-order valence-electron chi connectivity index (χ2n) is 4.43. The van der Waals surface area contributed by atoms with Gasteiger partial charge in [0.05, 0.1) is 6.61 Å². The molecule has 0 bridgehead atoms. The number of halogens is 1. The van der Waals surface area contributed by atoms with E-state index in [1.807, 2.05) is 30.3 Å². The van der Waals surface area contributed by atoms with Gasteiger partial charge < -0.3 is 15.2 Å². The lowest BCUT2D eigenvalue weighted by molar-refractivity contribution is 0.262. The monoisotopic (exact) mass is 291 g/mol. The normalized spacial score (nSPS) is 10.3. The van der Waals surface area contributed by atoms with Crippen LogP contribution in [0.5, 0.6) is 11.5 Å². The Morgan fingerprint density at radius 2 is 1.75 bits per heavy atom. The molecule has 0 spiro atoms. The zero-order valence-corrected chi connectivity index (χ0v) is 12.2. The summed E-state index contributed by atoms with van der Waals surface area (Å²) in [6.07, 6.45) is 0.954. The van der Waals surface area contributed by atoms with Crippen molar-refractivity contribution in [3.05, 3.63) is 53.1 Å². The number of nitrogens with two attached hydrogens (primary N) is 1. The fraction of sp³-hybridized carbons (Fsp3) is 0.250. The summed E-state index contributed by atoms with van der Waals surface area (Å²) in [7, 11) is 0. The molecular formula is C16H18ClNO2. The molecule has 0 amide bonds. The van der Waals surface area contributed by atoms with Gasteiger partial charge in [-0.3, -0.25) is 0 Å². The smallest absolute Gasteiger partial charge is 0.161 e. The molecule has 0 heterocycles. The molecular weight excluding hydrogens is 274 g/mol. The lowest BCUT2D eigenvalue weighted by Gasteiger charge is -2.13. The fourth-order valence-electron chi connectivity index (χ4n) is 1.76. The molecule has 3 nitrogen and oxygen atoms in total. The van der Waals surface area contributed by atoms with E-state index in [0.717, 1.165) is 17.7 Å². The quantitative estimate of drug-likeness (QED) is 0.808. The second kappa shape index (κ2) is 7.06. The Morgan fingerprint density at radius 1 is 1.05 bits per heavy atom. The molecule has 0 radical (unpaired) electrons. The van der Waals surface area contributed by atoms with Crippen LogP contribution >= 0.6 is 11.6 Å². The minimum atomic E-state index is 0.360. The second-order valence-corrected chi connectivity index (χ2v) is 4.86. The molecule has 0 saturated carbocycles. The van der Waals surface area contributed by atoms with Crippen molar-refractivity contribution in [2.24, 2.45) is 0 Å². The Hall–Kier alpha value is -1.87. The van der Waals surface area contributed by atoms with Gasteiger partial charge in [-0.15, -0.1) is 0 Å². The number of rotatable bonds is 6. The molecule has 20 heavy (non-hydrogen) atoms. The van der Waals surface area contributed by atoms with Crippen molar-refractivity contribution < 1.29 is 9.47 Å². The van der Waals surface area contributed by atoms with Gasteiger partial charge in [0.15, 0.2) is 11.5 Å². The molecule has 0 unspecified atom stereocenters. The third kappa shape index (κ3) is 3.81. The molecule has 2 rings (SSSR count). The van der Waals surface area contributed by atoms with E-state index in [4.69, 9.17) is 26.8 Å². The molecule has 106 valence electrons. The maximum absolute atomic E-state index is 5.96. The summed E-state index contributed by atoms with van der Waals surface area (Å²) in [4.78, 5) is 0. The summed E-state index contributed by atoms with van der Waals surface area (Å²) in [5, 5.41) is 0.647. The lowest BCUT2D eigenvalue weighted by atomic mass is 10.2. The van der Waals surface area contributed by atoms with Crippen molar-refractivity contribution in [1.29, 1.82) is 0 Å². The summed E-state index contributed by atoms with van der Waals surface area (Å²) >= 11 is 5.96. The molecule has 0 aliphatic rings. The number of anilines is 1. The highest BCUT2D eigenvalue weighted by Gasteiger charge is 2.06. The first kappa shape index (κ1) is 14.5. The number of hydrogen-bond acceptors (Lipinski definition) is 3. The van der Waals surface area contributed by atoms with Crippen LogP contribution in [-0.2, 0) is 6.61 Å². The van der Waals surface area contributed by atoms with E-state index in [0.29, 0.717) is 29.7 Å². The maximum atomic E-state index is 5.96. The van der Waals surface area contributed by atoms with Crippen LogP contribution in [0.25, 0.3) is 0 Å². The third-order valence-electron chi connectivity index (χ3n) is 2.80. The van der Waals surface area contributed by atoms with E-state index in [-0.39, 0.29) is 0 Å². The van der Waals surface area contributed by atoms with Gasteiger partial charge >= 0.3 is 0 Å².